The zero-order valence-corrected chi connectivity index (χ0v) is 11.1. The molecule has 1 fully saturated rings. The highest BCUT2D eigenvalue weighted by atomic mass is 32.2. The summed E-state index contributed by atoms with van der Waals surface area (Å²) in [6, 6.07) is 6.51. The zero-order valence-electron chi connectivity index (χ0n) is 10.3. The molecule has 0 N–H and O–H groups in total. The van der Waals surface area contributed by atoms with Gasteiger partial charge in [-0.1, -0.05) is 17.7 Å². The molecule has 0 spiro atoms. The summed E-state index contributed by atoms with van der Waals surface area (Å²) in [6.45, 7) is 1.96. The maximum atomic E-state index is 11.8. The second-order valence-electron chi connectivity index (χ2n) is 4.58. The Kier molecular flexibility index (Phi) is 3.82. The largest absolute Gasteiger partial charge is 0.299 e. The molecule has 0 aliphatic heterocycles. The van der Waals surface area contributed by atoms with Crippen molar-refractivity contribution in [2.45, 2.75) is 31.1 Å². The van der Waals surface area contributed by atoms with Crippen LogP contribution >= 0.6 is 0 Å². The highest BCUT2D eigenvalue weighted by Gasteiger charge is 2.28. The van der Waals surface area contributed by atoms with Crippen molar-refractivity contribution < 1.29 is 17.4 Å². The maximum absolute atomic E-state index is 11.8. The number of rotatable bonds is 5. The zero-order chi connectivity index (χ0) is 13.2. The van der Waals surface area contributed by atoms with Gasteiger partial charge in [0.25, 0.3) is 10.1 Å². The van der Waals surface area contributed by atoms with Gasteiger partial charge in [-0.2, -0.15) is 8.42 Å². The molecule has 1 unspecified atom stereocenters. The first-order valence-electron chi connectivity index (χ1n) is 5.98. The molecule has 5 heteroatoms. The molecule has 1 atom stereocenters. The fourth-order valence-electron chi connectivity index (χ4n) is 1.84. The lowest BCUT2D eigenvalue weighted by Crippen LogP contribution is -2.27. The van der Waals surface area contributed by atoms with E-state index in [0.717, 1.165) is 12.0 Å². The Hall–Kier alpha value is -1.20. The van der Waals surface area contributed by atoms with Gasteiger partial charge in [0.2, 0.25) is 0 Å². The van der Waals surface area contributed by atoms with Gasteiger partial charge in [0, 0.05) is 12.3 Å². The summed E-state index contributed by atoms with van der Waals surface area (Å²) in [5.41, 5.74) is 0.994. The fraction of sp³-hybridized carbons (Fsp3) is 0.462. The van der Waals surface area contributed by atoms with Crippen molar-refractivity contribution in [3.05, 3.63) is 29.8 Å². The summed E-state index contributed by atoms with van der Waals surface area (Å²) < 4.78 is 28.5. The Morgan fingerprint density at radius 3 is 2.44 bits per heavy atom. The monoisotopic (exact) mass is 268 g/mol. The normalized spacial score (nSPS) is 19.6. The van der Waals surface area contributed by atoms with E-state index in [-0.39, 0.29) is 23.2 Å². The lowest BCUT2D eigenvalue weighted by Gasteiger charge is -2.23. The lowest BCUT2D eigenvalue weighted by atomic mass is 9.82. The van der Waals surface area contributed by atoms with Crippen LogP contribution < -0.4 is 0 Å². The van der Waals surface area contributed by atoms with E-state index in [4.69, 9.17) is 4.18 Å². The predicted molar refractivity (Wildman–Crippen MR) is 66.7 cm³/mol. The summed E-state index contributed by atoms with van der Waals surface area (Å²) in [5.74, 6) is 0.213. The molecule has 0 saturated heterocycles. The van der Waals surface area contributed by atoms with Crippen molar-refractivity contribution in [2.24, 2.45) is 5.92 Å². The van der Waals surface area contributed by atoms with E-state index < -0.39 is 10.1 Å². The second kappa shape index (κ2) is 5.20. The number of carbonyl (C=O) groups excluding carboxylic acids is 1. The standard InChI is InChI=1S/C13H16O4S/c1-10-2-5-12(6-3-10)18(15,16)17-9-8-11-4-7-13(11)14/h2-3,5-6,11H,4,7-9H2,1H3. The number of hydrogen-bond acceptors (Lipinski definition) is 4. The van der Waals surface area contributed by atoms with Gasteiger partial charge in [-0.25, -0.2) is 0 Å². The first kappa shape index (κ1) is 13.2. The van der Waals surface area contributed by atoms with E-state index in [1.807, 2.05) is 6.92 Å². The molecule has 1 aliphatic rings. The van der Waals surface area contributed by atoms with Gasteiger partial charge in [0.05, 0.1) is 11.5 Å². The summed E-state index contributed by atoms with van der Waals surface area (Å²) in [7, 11) is -3.69. The summed E-state index contributed by atoms with van der Waals surface area (Å²) in [5, 5.41) is 0. The van der Waals surface area contributed by atoms with E-state index in [1.165, 1.54) is 12.1 Å². The Labute approximate surface area is 107 Å². The van der Waals surface area contributed by atoms with Crippen molar-refractivity contribution in [3.8, 4) is 0 Å². The van der Waals surface area contributed by atoms with Crippen LogP contribution in [0, 0.1) is 12.8 Å². The first-order valence-corrected chi connectivity index (χ1v) is 7.39. The van der Waals surface area contributed by atoms with Crippen LogP contribution in [0.2, 0.25) is 0 Å². The Morgan fingerprint density at radius 1 is 1.28 bits per heavy atom. The van der Waals surface area contributed by atoms with Crippen molar-refractivity contribution in [3.63, 3.8) is 0 Å². The lowest BCUT2D eigenvalue weighted by molar-refractivity contribution is -0.129. The van der Waals surface area contributed by atoms with Crippen molar-refractivity contribution in [2.75, 3.05) is 6.61 Å². The second-order valence-corrected chi connectivity index (χ2v) is 6.20. The molecular formula is C13H16O4S. The molecular weight excluding hydrogens is 252 g/mol. The molecule has 2 rings (SSSR count). The van der Waals surface area contributed by atoms with Gasteiger partial charge >= 0.3 is 0 Å². The van der Waals surface area contributed by atoms with E-state index in [2.05, 4.69) is 0 Å². The van der Waals surface area contributed by atoms with E-state index in [9.17, 15) is 13.2 Å². The van der Waals surface area contributed by atoms with Crippen LogP contribution in [-0.4, -0.2) is 20.8 Å². The molecule has 0 amide bonds. The third-order valence-corrected chi connectivity index (χ3v) is 4.54. The molecule has 1 aromatic rings. The molecule has 1 aromatic carbocycles. The van der Waals surface area contributed by atoms with Gasteiger partial charge in [-0.3, -0.25) is 8.98 Å². The van der Waals surface area contributed by atoms with E-state index in [0.29, 0.717) is 12.8 Å². The van der Waals surface area contributed by atoms with Gasteiger partial charge < -0.3 is 0 Å². The van der Waals surface area contributed by atoms with Crippen LogP contribution in [0.4, 0.5) is 0 Å². The van der Waals surface area contributed by atoms with Crippen LogP contribution in [0.3, 0.4) is 0 Å². The van der Waals surface area contributed by atoms with Crippen LogP contribution in [0.5, 0.6) is 0 Å². The third kappa shape index (κ3) is 2.97. The number of carbonyl (C=O) groups is 1. The minimum Gasteiger partial charge on any atom is -0.299 e. The predicted octanol–water partition coefficient (Wildman–Crippen LogP) is 2.07. The van der Waals surface area contributed by atoms with Gasteiger partial charge in [0.15, 0.2) is 0 Å². The number of benzene rings is 1. The van der Waals surface area contributed by atoms with Crippen molar-refractivity contribution in [1.29, 1.82) is 0 Å². The van der Waals surface area contributed by atoms with Crippen LogP contribution in [-0.2, 0) is 19.1 Å². The smallest absolute Gasteiger partial charge is 0.296 e. The number of hydrogen-bond donors (Lipinski definition) is 0. The SMILES string of the molecule is Cc1ccc(S(=O)(=O)OCCC2CCC2=O)cc1. The minimum atomic E-state index is -3.69. The van der Waals surface area contributed by atoms with Crippen LogP contribution in [0.15, 0.2) is 29.2 Å². The molecule has 0 aromatic heterocycles. The molecule has 98 valence electrons. The maximum Gasteiger partial charge on any atom is 0.296 e. The molecule has 0 radical (unpaired) electrons. The molecule has 4 nitrogen and oxygen atoms in total. The summed E-state index contributed by atoms with van der Waals surface area (Å²) >= 11 is 0. The molecule has 1 aliphatic carbocycles. The molecule has 0 bridgehead atoms. The third-order valence-electron chi connectivity index (χ3n) is 3.21. The molecule has 18 heavy (non-hydrogen) atoms. The molecule has 1 saturated carbocycles. The first-order chi connectivity index (χ1) is 8.49. The van der Waals surface area contributed by atoms with Gasteiger partial charge in [-0.15, -0.1) is 0 Å². The van der Waals surface area contributed by atoms with E-state index >= 15 is 0 Å². The highest BCUT2D eigenvalue weighted by molar-refractivity contribution is 7.86. The summed E-state index contributed by atoms with van der Waals surface area (Å²) in [4.78, 5) is 11.2. The number of aryl methyl sites for hydroxylation is 1. The van der Waals surface area contributed by atoms with Crippen LogP contribution in [0.1, 0.15) is 24.8 Å². The average Bonchev–Trinajstić information content (AvgIpc) is 2.33. The topological polar surface area (TPSA) is 60.4 Å². The van der Waals surface area contributed by atoms with Gasteiger partial charge in [-0.05, 0) is 31.9 Å². The van der Waals surface area contributed by atoms with Crippen molar-refractivity contribution >= 4 is 15.9 Å². The fourth-order valence-corrected chi connectivity index (χ4v) is 2.77. The average molecular weight is 268 g/mol. The van der Waals surface area contributed by atoms with Crippen molar-refractivity contribution in [1.82, 2.24) is 0 Å². The summed E-state index contributed by atoms with van der Waals surface area (Å²) in [6.07, 6.45) is 1.96. The number of ketones is 1. The quantitative estimate of drug-likeness (QED) is 0.767. The van der Waals surface area contributed by atoms with Crippen LogP contribution in [0.25, 0.3) is 0 Å². The minimum absolute atomic E-state index is 0.00165. The molecule has 0 heterocycles. The Morgan fingerprint density at radius 2 is 1.94 bits per heavy atom. The van der Waals surface area contributed by atoms with E-state index in [1.54, 1.807) is 12.1 Å². The number of Topliss-reactive ketones (excluding diaryl/α,β-unsaturated/α-hetero) is 1. The van der Waals surface area contributed by atoms with Gasteiger partial charge in [0.1, 0.15) is 5.78 Å². The Bertz CT molecular complexity index is 531. The highest BCUT2D eigenvalue weighted by Crippen LogP contribution is 2.26. The Balaban J connectivity index is 1.91.